The van der Waals surface area contributed by atoms with E-state index in [1.807, 2.05) is 24.3 Å². The zero-order valence-corrected chi connectivity index (χ0v) is 11.9. The van der Waals surface area contributed by atoms with Crippen molar-refractivity contribution in [3.05, 3.63) is 30.5 Å². The van der Waals surface area contributed by atoms with Crippen molar-refractivity contribution in [1.82, 2.24) is 4.98 Å². The number of aromatic nitrogens is 1. The van der Waals surface area contributed by atoms with Crippen molar-refractivity contribution < 1.29 is 15.0 Å². The van der Waals surface area contributed by atoms with Crippen molar-refractivity contribution >= 4 is 16.9 Å². The SMILES string of the molecule is CCCCCCCC(=O)O.Oc1c[nH]c2ccccc12. The number of carboxylic acids is 1. The van der Waals surface area contributed by atoms with E-state index in [4.69, 9.17) is 5.11 Å². The Bertz CT molecular complexity index is 519. The minimum atomic E-state index is -0.670. The first kappa shape index (κ1) is 16.1. The number of rotatable bonds is 6. The minimum absolute atomic E-state index is 0.315. The number of unbranched alkanes of at least 4 members (excludes halogenated alkanes) is 4. The number of aliphatic carboxylic acids is 1. The van der Waals surface area contributed by atoms with E-state index in [1.165, 1.54) is 19.3 Å². The molecule has 1 aromatic carbocycles. The summed E-state index contributed by atoms with van der Waals surface area (Å²) in [6.45, 7) is 2.15. The van der Waals surface area contributed by atoms with Crippen LogP contribution in [0.3, 0.4) is 0 Å². The first-order valence-electron chi connectivity index (χ1n) is 7.12. The zero-order valence-electron chi connectivity index (χ0n) is 11.9. The fourth-order valence-corrected chi connectivity index (χ4v) is 1.94. The van der Waals surface area contributed by atoms with Gasteiger partial charge >= 0.3 is 5.97 Å². The van der Waals surface area contributed by atoms with Crippen LogP contribution in [0.2, 0.25) is 0 Å². The lowest BCUT2D eigenvalue weighted by atomic mass is 10.1. The molecular formula is C16H23NO3. The number of nitrogens with one attached hydrogen (secondary N) is 1. The van der Waals surface area contributed by atoms with Crippen LogP contribution < -0.4 is 0 Å². The summed E-state index contributed by atoms with van der Waals surface area (Å²) in [6.07, 6.45) is 7.47. The number of para-hydroxylation sites is 1. The van der Waals surface area contributed by atoms with Crippen LogP contribution in [0.15, 0.2) is 30.5 Å². The summed E-state index contributed by atoms with van der Waals surface area (Å²) in [6, 6.07) is 7.63. The molecule has 0 saturated carbocycles. The summed E-state index contributed by atoms with van der Waals surface area (Å²) in [5, 5.41) is 18.3. The molecule has 0 atom stereocenters. The van der Waals surface area contributed by atoms with Crippen LogP contribution in [0, 0.1) is 0 Å². The highest BCUT2D eigenvalue weighted by atomic mass is 16.4. The maximum absolute atomic E-state index is 10.0. The molecule has 2 aromatic rings. The molecule has 0 spiro atoms. The van der Waals surface area contributed by atoms with Crippen LogP contribution in [-0.4, -0.2) is 21.2 Å². The van der Waals surface area contributed by atoms with Crippen molar-refractivity contribution in [2.24, 2.45) is 0 Å². The van der Waals surface area contributed by atoms with Gasteiger partial charge < -0.3 is 15.2 Å². The van der Waals surface area contributed by atoms with E-state index >= 15 is 0 Å². The Morgan fingerprint density at radius 3 is 2.50 bits per heavy atom. The smallest absolute Gasteiger partial charge is 0.303 e. The molecule has 0 amide bonds. The highest BCUT2D eigenvalue weighted by Gasteiger charge is 1.97. The second-order valence-corrected chi connectivity index (χ2v) is 4.78. The number of aromatic amines is 1. The molecule has 0 bridgehead atoms. The highest BCUT2D eigenvalue weighted by Crippen LogP contribution is 2.22. The minimum Gasteiger partial charge on any atom is -0.506 e. The van der Waals surface area contributed by atoms with Crippen molar-refractivity contribution in [1.29, 1.82) is 0 Å². The van der Waals surface area contributed by atoms with E-state index in [2.05, 4.69) is 11.9 Å². The van der Waals surface area contributed by atoms with E-state index in [9.17, 15) is 9.90 Å². The average molecular weight is 277 g/mol. The van der Waals surface area contributed by atoms with Gasteiger partial charge in [-0.15, -0.1) is 0 Å². The van der Waals surface area contributed by atoms with Gasteiger partial charge in [0.05, 0.1) is 0 Å². The van der Waals surface area contributed by atoms with E-state index in [1.54, 1.807) is 6.20 Å². The van der Waals surface area contributed by atoms with Gasteiger partial charge in [0.15, 0.2) is 0 Å². The summed E-state index contributed by atoms with van der Waals surface area (Å²) < 4.78 is 0. The van der Waals surface area contributed by atoms with Gasteiger partial charge in [0, 0.05) is 23.5 Å². The lowest BCUT2D eigenvalue weighted by Crippen LogP contribution is -1.93. The van der Waals surface area contributed by atoms with Crippen LogP contribution in [0.1, 0.15) is 45.4 Å². The molecule has 0 aliphatic rings. The molecule has 0 radical (unpaired) electrons. The maximum atomic E-state index is 10.0. The van der Waals surface area contributed by atoms with Crippen molar-refractivity contribution in [2.45, 2.75) is 45.4 Å². The fourth-order valence-electron chi connectivity index (χ4n) is 1.94. The Morgan fingerprint density at radius 1 is 1.15 bits per heavy atom. The fraction of sp³-hybridized carbons (Fsp3) is 0.438. The van der Waals surface area contributed by atoms with Crippen LogP contribution in [-0.2, 0) is 4.79 Å². The number of H-pyrrole nitrogens is 1. The third kappa shape index (κ3) is 5.78. The summed E-state index contributed by atoms with van der Waals surface area (Å²) >= 11 is 0. The molecule has 0 saturated heterocycles. The molecule has 110 valence electrons. The Hall–Kier alpha value is -1.97. The number of hydrogen-bond donors (Lipinski definition) is 3. The molecule has 3 N–H and O–H groups in total. The Balaban J connectivity index is 0.000000200. The predicted octanol–water partition coefficient (Wildman–Crippen LogP) is 4.31. The summed E-state index contributed by atoms with van der Waals surface area (Å²) in [4.78, 5) is 13.0. The van der Waals surface area contributed by atoms with Gasteiger partial charge in [0.2, 0.25) is 0 Å². The molecule has 1 aromatic heterocycles. The molecule has 20 heavy (non-hydrogen) atoms. The van der Waals surface area contributed by atoms with Crippen LogP contribution in [0.25, 0.3) is 10.9 Å². The predicted molar refractivity (Wildman–Crippen MR) is 81.0 cm³/mol. The Labute approximate surface area is 119 Å². The van der Waals surface area contributed by atoms with Gasteiger partial charge in [0.25, 0.3) is 0 Å². The molecule has 4 heteroatoms. The summed E-state index contributed by atoms with van der Waals surface area (Å²) in [7, 11) is 0. The van der Waals surface area contributed by atoms with E-state index in [-0.39, 0.29) is 0 Å². The van der Waals surface area contributed by atoms with E-state index in [0.29, 0.717) is 12.2 Å². The normalized spacial score (nSPS) is 10.1. The molecule has 2 rings (SSSR count). The quantitative estimate of drug-likeness (QED) is 0.689. The topological polar surface area (TPSA) is 73.3 Å². The molecule has 1 heterocycles. The molecule has 0 aliphatic carbocycles. The molecule has 0 fully saturated rings. The second-order valence-electron chi connectivity index (χ2n) is 4.78. The number of benzene rings is 1. The average Bonchev–Trinajstić information content (AvgIpc) is 2.81. The summed E-state index contributed by atoms with van der Waals surface area (Å²) in [5.74, 6) is -0.355. The zero-order chi connectivity index (χ0) is 14.8. The third-order valence-corrected chi connectivity index (χ3v) is 3.06. The third-order valence-electron chi connectivity index (χ3n) is 3.06. The number of aromatic hydroxyl groups is 1. The van der Waals surface area contributed by atoms with E-state index < -0.39 is 5.97 Å². The maximum Gasteiger partial charge on any atom is 0.303 e. The van der Waals surface area contributed by atoms with Crippen LogP contribution in [0.4, 0.5) is 0 Å². The van der Waals surface area contributed by atoms with E-state index in [0.717, 1.165) is 23.7 Å². The van der Waals surface area contributed by atoms with Crippen molar-refractivity contribution in [3.8, 4) is 5.75 Å². The number of fused-ring (bicyclic) bond motifs is 1. The van der Waals surface area contributed by atoms with Crippen molar-refractivity contribution in [3.63, 3.8) is 0 Å². The lowest BCUT2D eigenvalue weighted by Gasteiger charge is -1.95. The Kier molecular flexibility index (Phi) is 7.25. The largest absolute Gasteiger partial charge is 0.506 e. The molecule has 0 aliphatic heterocycles. The lowest BCUT2D eigenvalue weighted by molar-refractivity contribution is -0.137. The second kappa shape index (κ2) is 9.02. The van der Waals surface area contributed by atoms with Gasteiger partial charge in [-0.3, -0.25) is 4.79 Å². The molecule has 0 unspecified atom stereocenters. The van der Waals surface area contributed by atoms with Crippen LogP contribution >= 0.6 is 0 Å². The van der Waals surface area contributed by atoms with Crippen LogP contribution in [0.5, 0.6) is 5.75 Å². The highest BCUT2D eigenvalue weighted by molar-refractivity contribution is 5.85. The first-order chi connectivity index (χ1) is 9.65. The molecule has 4 nitrogen and oxygen atoms in total. The van der Waals surface area contributed by atoms with Gasteiger partial charge in [-0.2, -0.15) is 0 Å². The standard InChI is InChI=1S/C8H7NO.C8H16O2/c10-8-5-9-7-4-2-1-3-6(7)8;1-2-3-4-5-6-7-8(9)10/h1-5,9-10H;2-7H2,1H3,(H,9,10). The number of carboxylic acid groups (broad SMARTS) is 1. The van der Waals surface area contributed by atoms with Gasteiger partial charge in [-0.05, 0) is 18.6 Å². The summed E-state index contributed by atoms with van der Waals surface area (Å²) in [5.41, 5.74) is 0.972. The first-order valence-corrected chi connectivity index (χ1v) is 7.12. The molecular weight excluding hydrogens is 254 g/mol. The van der Waals surface area contributed by atoms with Crippen molar-refractivity contribution in [2.75, 3.05) is 0 Å². The Morgan fingerprint density at radius 2 is 1.85 bits per heavy atom. The van der Waals surface area contributed by atoms with Gasteiger partial charge in [-0.25, -0.2) is 0 Å². The van der Waals surface area contributed by atoms with Gasteiger partial charge in [-0.1, -0.05) is 44.7 Å². The number of hydrogen-bond acceptors (Lipinski definition) is 2. The monoisotopic (exact) mass is 277 g/mol. The number of carbonyl (C=O) groups is 1. The van der Waals surface area contributed by atoms with Gasteiger partial charge in [0.1, 0.15) is 5.75 Å².